The van der Waals surface area contributed by atoms with Gasteiger partial charge in [0.1, 0.15) is 11.5 Å². The molecule has 5 nitrogen and oxygen atoms in total. The zero-order chi connectivity index (χ0) is 13.8. The summed E-state index contributed by atoms with van der Waals surface area (Å²) < 4.78 is 10.6. The highest BCUT2D eigenvalue weighted by atomic mass is 32.1. The standard InChI is InChI=1S/C13H16N2O3S/c1-9-4-5-10(18-9)6-15(2)13-14-11(8-17-3)12(7-16)19-13/h4-5,7H,6,8H2,1-3H3. The molecule has 0 amide bonds. The van der Waals surface area contributed by atoms with Gasteiger partial charge in [-0.1, -0.05) is 11.3 Å². The Morgan fingerprint density at radius 2 is 2.32 bits per heavy atom. The topological polar surface area (TPSA) is 55.6 Å². The van der Waals surface area contributed by atoms with Crippen molar-refractivity contribution in [3.8, 4) is 0 Å². The minimum atomic E-state index is 0.346. The summed E-state index contributed by atoms with van der Waals surface area (Å²) >= 11 is 1.36. The number of carbonyl (C=O) groups is 1. The molecule has 0 saturated carbocycles. The van der Waals surface area contributed by atoms with Crippen LogP contribution in [0.15, 0.2) is 16.5 Å². The highest BCUT2D eigenvalue weighted by Crippen LogP contribution is 2.26. The Morgan fingerprint density at radius 1 is 1.53 bits per heavy atom. The lowest BCUT2D eigenvalue weighted by molar-refractivity contribution is 0.112. The van der Waals surface area contributed by atoms with Crippen LogP contribution in [0.5, 0.6) is 0 Å². The molecule has 0 aromatic carbocycles. The molecule has 19 heavy (non-hydrogen) atoms. The van der Waals surface area contributed by atoms with Crippen LogP contribution < -0.4 is 4.90 Å². The Balaban J connectivity index is 2.14. The van der Waals surface area contributed by atoms with Crippen molar-refractivity contribution in [3.05, 3.63) is 34.2 Å². The Bertz CT molecular complexity index is 562. The van der Waals surface area contributed by atoms with Crippen molar-refractivity contribution >= 4 is 22.8 Å². The lowest BCUT2D eigenvalue weighted by Crippen LogP contribution is -2.15. The molecule has 2 heterocycles. The van der Waals surface area contributed by atoms with Crippen LogP contribution in [-0.4, -0.2) is 25.4 Å². The van der Waals surface area contributed by atoms with Crippen LogP contribution in [0.3, 0.4) is 0 Å². The molecule has 0 saturated heterocycles. The second-order valence-corrected chi connectivity index (χ2v) is 5.24. The van der Waals surface area contributed by atoms with Crippen molar-refractivity contribution in [2.75, 3.05) is 19.1 Å². The fourth-order valence-electron chi connectivity index (χ4n) is 1.72. The summed E-state index contributed by atoms with van der Waals surface area (Å²) in [4.78, 5) is 18.0. The van der Waals surface area contributed by atoms with E-state index in [1.165, 1.54) is 11.3 Å². The summed E-state index contributed by atoms with van der Waals surface area (Å²) in [5.74, 6) is 1.76. The van der Waals surface area contributed by atoms with Crippen LogP contribution in [0, 0.1) is 6.92 Å². The number of rotatable bonds is 6. The fraction of sp³-hybridized carbons (Fsp3) is 0.385. The Labute approximate surface area is 115 Å². The molecule has 0 unspecified atom stereocenters. The average Bonchev–Trinajstić information content (AvgIpc) is 2.96. The number of aryl methyl sites for hydroxylation is 1. The maximum atomic E-state index is 11.0. The van der Waals surface area contributed by atoms with Gasteiger partial charge in [0.15, 0.2) is 11.4 Å². The van der Waals surface area contributed by atoms with Gasteiger partial charge < -0.3 is 14.1 Å². The van der Waals surface area contributed by atoms with Crippen molar-refractivity contribution in [1.29, 1.82) is 0 Å². The Morgan fingerprint density at radius 3 is 2.89 bits per heavy atom. The van der Waals surface area contributed by atoms with Gasteiger partial charge in [-0.05, 0) is 19.1 Å². The second kappa shape index (κ2) is 5.99. The van der Waals surface area contributed by atoms with Crippen molar-refractivity contribution in [2.24, 2.45) is 0 Å². The molecule has 0 aliphatic rings. The van der Waals surface area contributed by atoms with E-state index in [2.05, 4.69) is 4.98 Å². The molecule has 0 fully saturated rings. The predicted molar refractivity (Wildman–Crippen MR) is 73.8 cm³/mol. The monoisotopic (exact) mass is 280 g/mol. The average molecular weight is 280 g/mol. The van der Waals surface area contributed by atoms with Gasteiger partial charge in [0.25, 0.3) is 0 Å². The predicted octanol–water partition coefficient (Wildman–Crippen LogP) is 2.64. The van der Waals surface area contributed by atoms with Crippen LogP contribution in [0.4, 0.5) is 5.13 Å². The molecule has 0 aliphatic heterocycles. The first-order valence-corrected chi connectivity index (χ1v) is 6.66. The summed E-state index contributed by atoms with van der Waals surface area (Å²) in [6.07, 6.45) is 0.820. The molecule has 2 aromatic rings. The number of aromatic nitrogens is 1. The van der Waals surface area contributed by atoms with Gasteiger partial charge in [-0.2, -0.15) is 0 Å². The van der Waals surface area contributed by atoms with E-state index in [1.54, 1.807) is 7.11 Å². The van der Waals surface area contributed by atoms with E-state index in [0.717, 1.165) is 22.9 Å². The van der Waals surface area contributed by atoms with Gasteiger partial charge in [-0.3, -0.25) is 4.79 Å². The van der Waals surface area contributed by atoms with E-state index in [9.17, 15) is 4.79 Å². The first kappa shape index (κ1) is 13.8. The lowest BCUT2D eigenvalue weighted by Gasteiger charge is -2.13. The smallest absolute Gasteiger partial charge is 0.186 e. The summed E-state index contributed by atoms with van der Waals surface area (Å²) in [5.41, 5.74) is 0.681. The maximum Gasteiger partial charge on any atom is 0.186 e. The number of nitrogens with zero attached hydrogens (tertiary/aromatic N) is 2. The minimum absolute atomic E-state index is 0.346. The summed E-state index contributed by atoms with van der Waals surface area (Å²) in [6.45, 7) is 2.87. The number of hydrogen-bond acceptors (Lipinski definition) is 6. The van der Waals surface area contributed by atoms with Crippen molar-refractivity contribution in [1.82, 2.24) is 4.98 Å². The normalized spacial score (nSPS) is 10.7. The molecule has 0 aliphatic carbocycles. The first-order valence-electron chi connectivity index (χ1n) is 5.84. The number of hydrogen-bond donors (Lipinski definition) is 0. The lowest BCUT2D eigenvalue weighted by atomic mass is 10.4. The van der Waals surface area contributed by atoms with Crippen molar-refractivity contribution in [2.45, 2.75) is 20.1 Å². The van der Waals surface area contributed by atoms with Crippen LogP contribution in [0.25, 0.3) is 0 Å². The summed E-state index contributed by atoms with van der Waals surface area (Å²) in [6, 6.07) is 3.87. The van der Waals surface area contributed by atoms with Crippen LogP contribution >= 0.6 is 11.3 Å². The molecule has 2 rings (SSSR count). The highest BCUT2D eigenvalue weighted by molar-refractivity contribution is 7.17. The number of ether oxygens (including phenoxy) is 1. The Kier molecular flexibility index (Phi) is 4.34. The quantitative estimate of drug-likeness (QED) is 0.761. The summed E-state index contributed by atoms with van der Waals surface area (Å²) in [7, 11) is 3.50. The largest absolute Gasteiger partial charge is 0.464 e. The molecule has 2 aromatic heterocycles. The first-order chi connectivity index (χ1) is 9.13. The van der Waals surface area contributed by atoms with Crippen molar-refractivity contribution < 1.29 is 13.9 Å². The summed E-state index contributed by atoms with van der Waals surface area (Å²) in [5, 5.41) is 0.781. The van der Waals surface area contributed by atoms with E-state index in [1.807, 2.05) is 31.0 Å². The third-order valence-electron chi connectivity index (χ3n) is 2.62. The molecular weight excluding hydrogens is 264 g/mol. The van der Waals surface area contributed by atoms with E-state index in [-0.39, 0.29) is 0 Å². The van der Waals surface area contributed by atoms with E-state index in [0.29, 0.717) is 23.7 Å². The third-order valence-corrected chi connectivity index (χ3v) is 3.76. The number of anilines is 1. The van der Waals surface area contributed by atoms with Crippen LogP contribution in [0.1, 0.15) is 26.9 Å². The number of carbonyl (C=O) groups excluding carboxylic acids is 1. The molecule has 0 radical (unpaired) electrons. The molecule has 102 valence electrons. The van der Waals surface area contributed by atoms with Gasteiger partial charge in [0.05, 0.1) is 23.7 Å². The number of aldehydes is 1. The zero-order valence-electron chi connectivity index (χ0n) is 11.2. The molecule has 6 heteroatoms. The van der Waals surface area contributed by atoms with Gasteiger partial charge in [0, 0.05) is 14.2 Å². The van der Waals surface area contributed by atoms with Gasteiger partial charge in [0.2, 0.25) is 0 Å². The molecule has 0 spiro atoms. The number of thiazole rings is 1. The second-order valence-electron chi connectivity index (χ2n) is 4.23. The fourth-order valence-corrected chi connectivity index (χ4v) is 2.56. The third kappa shape index (κ3) is 3.21. The zero-order valence-corrected chi connectivity index (χ0v) is 12.0. The van der Waals surface area contributed by atoms with Crippen molar-refractivity contribution in [3.63, 3.8) is 0 Å². The molecule has 0 atom stereocenters. The van der Waals surface area contributed by atoms with Gasteiger partial charge in [-0.15, -0.1) is 0 Å². The van der Waals surface area contributed by atoms with E-state index >= 15 is 0 Å². The maximum absolute atomic E-state index is 11.0. The van der Waals surface area contributed by atoms with Crippen LogP contribution in [0.2, 0.25) is 0 Å². The molecular formula is C13H16N2O3S. The van der Waals surface area contributed by atoms with E-state index in [4.69, 9.17) is 9.15 Å². The number of methoxy groups -OCH3 is 1. The molecule has 0 N–H and O–H groups in total. The Hall–Kier alpha value is -1.66. The van der Waals surface area contributed by atoms with Gasteiger partial charge >= 0.3 is 0 Å². The highest BCUT2D eigenvalue weighted by Gasteiger charge is 2.14. The SMILES string of the molecule is COCc1nc(N(C)Cc2ccc(C)o2)sc1C=O. The molecule has 0 bridgehead atoms. The minimum Gasteiger partial charge on any atom is -0.464 e. The van der Waals surface area contributed by atoms with E-state index < -0.39 is 0 Å². The van der Waals surface area contributed by atoms with Crippen LogP contribution in [-0.2, 0) is 17.9 Å². The number of furan rings is 1. The van der Waals surface area contributed by atoms with Gasteiger partial charge in [-0.25, -0.2) is 4.98 Å².